The molecule has 1 amide bonds. The molecule has 1 heterocycles. The summed E-state index contributed by atoms with van der Waals surface area (Å²) in [5.74, 6) is -0.584. The number of hydrogen-bond donors (Lipinski definition) is 2. The Morgan fingerprint density at radius 3 is 2.82 bits per heavy atom. The number of halogens is 3. The van der Waals surface area contributed by atoms with E-state index in [9.17, 15) is 18.0 Å². The van der Waals surface area contributed by atoms with Crippen molar-refractivity contribution in [3.63, 3.8) is 0 Å². The summed E-state index contributed by atoms with van der Waals surface area (Å²) in [4.78, 5) is 16.1. The Morgan fingerprint density at radius 1 is 1.50 bits per heavy atom. The standard InChI is InChI=1S/C13H14F3N3O2S/c1-7-10(22-12(17)19-7)11(20)18-6-8-3-2-4-9(5-8)21-13(14,15)16/h2-5,7,10H,6H2,1H3,(H2,17,19)(H,18,20). The lowest BCUT2D eigenvalue weighted by molar-refractivity contribution is -0.274. The number of amides is 1. The van der Waals surface area contributed by atoms with Gasteiger partial charge in [0.05, 0.1) is 6.04 Å². The van der Waals surface area contributed by atoms with Crippen molar-refractivity contribution in [1.82, 2.24) is 5.32 Å². The lowest BCUT2D eigenvalue weighted by Crippen LogP contribution is -2.36. The van der Waals surface area contributed by atoms with Crippen LogP contribution in [0, 0.1) is 0 Å². The van der Waals surface area contributed by atoms with Crippen molar-refractivity contribution in [2.24, 2.45) is 10.7 Å². The number of carbonyl (C=O) groups excluding carboxylic acids is 1. The molecule has 1 aromatic rings. The predicted octanol–water partition coefficient (Wildman–Crippen LogP) is 2.02. The molecule has 0 saturated carbocycles. The third kappa shape index (κ3) is 4.55. The quantitative estimate of drug-likeness (QED) is 0.884. The Balaban J connectivity index is 1.92. The van der Waals surface area contributed by atoms with Crippen LogP contribution in [0.25, 0.3) is 0 Å². The second kappa shape index (κ2) is 6.47. The topological polar surface area (TPSA) is 76.7 Å². The fourth-order valence-corrected chi connectivity index (χ4v) is 2.88. The number of thioether (sulfide) groups is 1. The molecule has 2 atom stereocenters. The van der Waals surface area contributed by atoms with E-state index in [0.717, 1.165) is 0 Å². The number of nitrogens with zero attached hydrogens (tertiary/aromatic N) is 1. The van der Waals surface area contributed by atoms with Crippen molar-refractivity contribution in [3.8, 4) is 5.75 Å². The smallest absolute Gasteiger partial charge is 0.406 e. The van der Waals surface area contributed by atoms with Crippen molar-refractivity contribution in [1.29, 1.82) is 0 Å². The van der Waals surface area contributed by atoms with Crippen LogP contribution < -0.4 is 15.8 Å². The van der Waals surface area contributed by atoms with E-state index < -0.39 is 11.6 Å². The van der Waals surface area contributed by atoms with Crippen molar-refractivity contribution >= 4 is 22.8 Å². The summed E-state index contributed by atoms with van der Waals surface area (Å²) in [7, 11) is 0. The van der Waals surface area contributed by atoms with E-state index in [1.807, 2.05) is 0 Å². The number of benzene rings is 1. The second-order valence-corrected chi connectivity index (χ2v) is 5.82. The largest absolute Gasteiger partial charge is 0.573 e. The molecule has 2 unspecified atom stereocenters. The molecule has 0 bridgehead atoms. The molecule has 0 aliphatic carbocycles. The van der Waals surface area contributed by atoms with Crippen LogP contribution in [0.3, 0.4) is 0 Å². The zero-order valence-corrected chi connectivity index (χ0v) is 12.4. The highest BCUT2D eigenvalue weighted by Crippen LogP contribution is 2.25. The number of alkyl halides is 3. The zero-order valence-electron chi connectivity index (χ0n) is 11.6. The highest BCUT2D eigenvalue weighted by molar-refractivity contribution is 8.15. The van der Waals surface area contributed by atoms with Crippen LogP contribution in [0.2, 0.25) is 0 Å². The van der Waals surface area contributed by atoms with Crippen molar-refractivity contribution in [2.75, 3.05) is 0 Å². The first-order valence-electron chi connectivity index (χ1n) is 6.37. The third-order valence-corrected chi connectivity index (χ3v) is 4.08. The molecule has 3 N–H and O–H groups in total. The molecular weight excluding hydrogens is 319 g/mol. The van der Waals surface area contributed by atoms with E-state index in [2.05, 4.69) is 15.0 Å². The van der Waals surface area contributed by atoms with E-state index in [-0.39, 0.29) is 24.2 Å². The highest BCUT2D eigenvalue weighted by Gasteiger charge is 2.32. The number of aliphatic imine (C=N–C) groups is 1. The summed E-state index contributed by atoms with van der Waals surface area (Å²) < 4.78 is 40.3. The number of rotatable bonds is 4. The minimum absolute atomic E-state index is 0.0948. The van der Waals surface area contributed by atoms with Gasteiger partial charge in [0.15, 0.2) is 5.17 Å². The molecular formula is C13H14F3N3O2S. The van der Waals surface area contributed by atoms with Crippen LogP contribution in [0.15, 0.2) is 29.3 Å². The fraction of sp³-hybridized carbons (Fsp3) is 0.385. The highest BCUT2D eigenvalue weighted by atomic mass is 32.2. The maximum atomic E-state index is 12.2. The van der Waals surface area contributed by atoms with Crippen molar-refractivity contribution in [3.05, 3.63) is 29.8 Å². The first-order valence-corrected chi connectivity index (χ1v) is 7.25. The Kier molecular flexibility index (Phi) is 4.84. The van der Waals surface area contributed by atoms with Gasteiger partial charge in [-0.2, -0.15) is 0 Å². The van der Waals surface area contributed by atoms with Crippen LogP contribution >= 0.6 is 11.8 Å². The van der Waals surface area contributed by atoms with Gasteiger partial charge in [-0.05, 0) is 24.6 Å². The number of nitrogens with one attached hydrogen (secondary N) is 1. The maximum absolute atomic E-state index is 12.2. The summed E-state index contributed by atoms with van der Waals surface area (Å²) in [5, 5.41) is 2.59. The summed E-state index contributed by atoms with van der Waals surface area (Å²) in [6.45, 7) is 1.87. The van der Waals surface area contributed by atoms with E-state index >= 15 is 0 Å². The summed E-state index contributed by atoms with van der Waals surface area (Å²) in [6, 6.07) is 5.22. The summed E-state index contributed by atoms with van der Waals surface area (Å²) in [6.07, 6.45) is -4.74. The number of amidine groups is 1. The average Bonchev–Trinajstić information content (AvgIpc) is 2.73. The normalized spacial score (nSPS) is 21.4. The van der Waals surface area contributed by atoms with E-state index in [1.54, 1.807) is 13.0 Å². The van der Waals surface area contributed by atoms with Crippen LogP contribution in [0.5, 0.6) is 5.75 Å². The molecule has 0 radical (unpaired) electrons. The van der Waals surface area contributed by atoms with Crippen LogP contribution in [-0.4, -0.2) is 28.7 Å². The number of ether oxygens (including phenoxy) is 1. The van der Waals surface area contributed by atoms with Gasteiger partial charge in [0.25, 0.3) is 0 Å². The van der Waals surface area contributed by atoms with Crippen LogP contribution in [0.4, 0.5) is 13.2 Å². The summed E-state index contributed by atoms with van der Waals surface area (Å²) in [5.41, 5.74) is 6.05. The predicted molar refractivity (Wildman–Crippen MR) is 77.4 cm³/mol. The molecule has 0 saturated heterocycles. The lowest BCUT2D eigenvalue weighted by Gasteiger charge is -2.14. The third-order valence-electron chi connectivity index (χ3n) is 2.87. The van der Waals surface area contributed by atoms with Gasteiger partial charge in [0.2, 0.25) is 5.91 Å². The molecule has 1 aliphatic rings. The molecule has 120 valence electrons. The maximum Gasteiger partial charge on any atom is 0.573 e. The molecule has 1 aromatic carbocycles. The molecule has 9 heteroatoms. The lowest BCUT2D eigenvalue weighted by atomic mass is 10.2. The van der Waals surface area contributed by atoms with Crippen LogP contribution in [0.1, 0.15) is 12.5 Å². The molecule has 22 heavy (non-hydrogen) atoms. The average molecular weight is 333 g/mol. The van der Waals surface area contributed by atoms with E-state index in [0.29, 0.717) is 10.7 Å². The van der Waals surface area contributed by atoms with Gasteiger partial charge < -0.3 is 15.8 Å². The van der Waals surface area contributed by atoms with E-state index in [1.165, 1.54) is 30.0 Å². The van der Waals surface area contributed by atoms with Gasteiger partial charge in [-0.25, -0.2) is 0 Å². The van der Waals surface area contributed by atoms with Crippen molar-refractivity contribution < 1.29 is 22.7 Å². The number of nitrogens with two attached hydrogens (primary N) is 1. The number of carbonyl (C=O) groups is 1. The van der Waals surface area contributed by atoms with Gasteiger partial charge in [0, 0.05) is 6.54 Å². The Bertz CT molecular complexity index is 592. The van der Waals surface area contributed by atoms with Gasteiger partial charge in [-0.15, -0.1) is 13.2 Å². The SMILES string of the molecule is CC1N=C(N)SC1C(=O)NCc1cccc(OC(F)(F)F)c1. The van der Waals surface area contributed by atoms with Gasteiger partial charge in [-0.1, -0.05) is 23.9 Å². The Labute approximate surface area is 129 Å². The molecule has 0 spiro atoms. The minimum Gasteiger partial charge on any atom is -0.406 e. The molecule has 0 aromatic heterocycles. The minimum atomic E-state index is -4.74. The van der Waals surface area contributed by atoms with Gasteiger partial charge in [0.1, 0.15) is 11.0 Å². The van der Waals surface area contributed by atoms with E-state index in [4.69, 9.17) is 5.73 Å². The summed E-state index contributed by atoms with van der Waals surface area (Å²) >= 11 is 1.17. The Hall–Kier alpha value is -1.90. The second-order valence-electron chi connectivity index (χ2n) is 4.66. The molecule has 0 fully saturated rings. The Morgan fingerprint density at radius 2 is 2.23 bits per heavy atom. The zero-order chi connectivity index (χ0) is 16.3. The van der Waals surface area contributed by atoms with Gasteiger partial charge >= 0.3 is 6.36 Å². The molecule has 2 rings (SSSR count). The van der Waals surface area contributed by atoms with Crippen LogP contribution in [-0.2, 0) is 11.3 Å². The monoisotopic (exact) mass is 333 g/mol. The number of hydrogen-bond acceptors (Lipinski definition) is 5. The molecule has 1 aliphatic heterocycles. The van der Waals surface area contributed by atoms with Gasteiger partial charge in [-0.3, -0.25) is 9.79 Å². The first-order chi connectivity index (χ1) is 10.2. The fourth-order valence-electron chi connectivity index (χ4n) is 1.94. The van der Waals surface area contributed by atoms with Crippen molar-refractivity contribution in [2.45, 2.75) is 31.1 Å². The molecule has 5 nitrogen and oxygen atoms in total. The first kappa shape index (κ1) is 16.5.